The van der Waals surface area contributed by atoms with E-state index in [1.807, 2.05) is 4.90 Å². The van der Waals surface area contributed by atoms with Gasteiger partial charge in [-0.05, 0) is 40.9 Å². The number of carbonyl (C=O) groups excluding carboxylic acids is 1. The molecule has 2 aromatic rings. The Labute approximate surface area is 155 Å². The molecular formula is C17H22BrN5O2. The molecule has 2 aliphatic rings. The highest BCUT2D eigenvalue weighted by Crippen LogP contribution is 2.18. The smallest absolute Gasteiger partial charge is 0.289 e. The molecule has 0 spiro atoms. The maximum Gasteiger partial charge on any atom is 0.289 e. The molecule has 0 saturated carbocycles. The number of amides is 1. The zero-order chi connectivity index (χ0) is 17.2. The maximum absolute atomic E-state index is 12.4. The minimum atomic E-state index is -0.0401. The lowest BCUT2D eigenvalue weighted by molar-refractivity contribution is 0.0592. The van der Waals surface area contributed by atoms with Crippen molar-refractivity contribution in [1.29, 1.82) is 0 Å². The molecule has 0 bridgehead atoms. The minimum absolute atomic E-state index is 0.0401. The zero-order valence-electron chi connectivity index (χ0n) is 14.2. The standard InChI is InChI=1S/C17H22BrN5O2/c18-14-6-5-13(25-14)17(24)22-10-8-21(9-11-22)12-16-20-19-15-4-2-1-3-7-23(15)16/h5-6H,1-4,7-12H2. The number of furan rings is 1. The number of rotatable bonds is 3. The van der Waals surface area contributed by atoms with Gasteiger partial charge in [-0.25, -0.2) is 0 Å². The highest BCUT2D eigenvalue weighted by Gasteiger charge is 2.25. The molecule has 0 radical (unpaired) electrons. The second kappa shape index (κ2) is 7.29. The van der Waals surface area contributed by atoms with Gasteiger partial charge in [-0.2, -0.15) is 0 Å². The van der Waals surface area contributed by atoms with Gasteiger partial charge in [-0.15, -0.1) is 10.2 Å². The van der Waals surface area contributed by atoms with Crippen LogP contribution in [0.1, 0.15) is 41.5 Å². The van der Waals surface area contributed by atoms with Crippen molar-refractivity contribution in [2.75, 3.05) is 26.2 Å². The molecule has 0 aromatic carbocycles. The van der Waals surface area contributed by atoms with Crippen molar-refractivity contribution in [3.05, 3.63) is 34.2 Å². The third kappa shape index (κ3) is 3.64. The van der Waals surface area contributed by atoms with Crippen LogP contribution in [0.2, 0.25) is 0 Å². The molecule has 7 nitrogen and oxygen atoms in total. The number of halogens is 1. The molecule has 0 unspecified atom stereocenters. The number of hydrogen-bond donors (Lipinski definition) is 0. The third-order valence-corrected chi connectivity index (χ3v) is 5.42. The lowest BCUT2D eigenvalue weighted by Gasteiger charge is -2.34. The van der Waals surface area contributed by atoms with Gasteiger partial charge in [0.1, 0.15) is 11.6 Å². The molecule has 4 rings (SSSR count). The number of carbonyl (C=O) groups is 1. The zero-order valence-corrected chi connectivity index (χ0v) is 15.7. The lowest BCUT2D eigenvalue weighted by atomic mass is 10.2. The van der Waals surface area contributed by atoms with Crippen LogP contribution in [0.3, 0.4) is 0 Å². The SMILES string of the molecule is O=C(c1ccc(Br)o1)N1CCN(Cc2nnc3n2CCCCC3)CC1. The summed E-state index contributed by atoms with van der Waals surface area (Å²) in [6, 6.07) is 3.46. The number of piperazine rings is 1. The Morgan fingerprint density at radius 1 is 1.08 bits per heavy atom. The van der Waals surface area contributed by atoms with Crippen LogP contribution in [0.15, 0.2) is 21.2 Å². The average molecular weight is 408 g/mol. The molecule has 0 N–H and O–H groups in total. The Bertz CT molecular complexity index is 748. The molecule has 0 aliphatic carbocycles. The first-order chi connectivity index (χ1) is 12.2. The maximum atomic E-state index is 12.4. The van der Waals surface area contributed by atoms with Gasteiger partial charge in [0, 0.05) is 39.1 Å². The van der Waals surface area contributed by atoms with E-state index in [4.69, 9.17) is 4.42 Å². The van der Waals surface area contributed by atoms with Gasteiger partial charge in [-0.3, -0.25) is 9.69 Å². The highest BCUT2D eigenvalue weighted by atomic mass is 79.9. The first kappa shape index (κ1) is 16.8. The van der Waals surface area contributed by atoms with Crippen LogP contribution in [-0.4, -0.2) is 56.7 Å². The van der Waals surface area contributed by atoms with Gasteiger partial charge in [0.15, 0.2) is 10.4 Å². The number of hydrogen-bond acceptors (Lipinski definition) is 5. The van der Waals surface area contributed by atoms with Crippen LogP contribution >= 0.6 is 15.9 Å². The van der Waals surface area contributed by atoms with E-state index in [0.29, 0.717) is 23.5 Å². The molecule has 1 saturated heterocycles. The quantitative estimate of drug-likeness (QED) is 0.780. The Morgan fingerprint density at radius 3 is 2.68 bits per heavy atom. The average Bonchev–Trinajstić information content (AvgIpc) is 3.14. The van der Waals surface area contributed by atoms with Crippen LogP contribution < -0.4 is 0 Å². The summed E-state index contributed by atoms with van der Waals surface area (Å²) in [5.41, 5.74) is 0. The summed E-state index contributed by atoms with van der Waals surface area (Å²) in [4.78, 5) is 16.6. The number of fused-ring (bicyclic) bond motifs is 1. The van der Waals surface area contributed by atoms with Gasteiger partial charge in [0.05, 0.1) is 6.54 Å². The van der Waals surface area contributed by atoms with E-state index in [-0.39, 0.29) is 5.91 Å². The van der Waals surface area contributed by atoms with Crippen molar-refractivity contribution in [1.82, 2.24) is 24.6 Å². The van der Waals surface area contributed by atoms with Crippen molar-refractivity contribution >= 4 is 21.8 Å². The lowest BCUT2D eigenvalue weighted by Crippen LogP contribution is -2.48. The minimum Gasteiger partial charge on any atom is -0.444 e. The van der Waals surface area contributed by atoms with Gasteiger partial charge in [0.2, 0.25) is 0 Å². The molecule has 8 heteroatoms. The first-order valence-electron chi connectivity index (χ1n) is 8.88. The first-order valence-corrected chi connectivity index (χ1v) is 9.68. The summed E-state index contributed by atoms with van der Waals surface area (Å²) in [7, 11) is 0. The van der Waals surface area contributed by atoms with Crippen LogP contribution in [0, 0.1) is 0 Å². The second-order valence-corrected chi connectivity index (χ2v) is 7.45. The fourth-order valence-electron chi connectivity index (χ4n) is 3.56. The second-order valence-electron chi connectivity index (χ2n) is 6.67. The molecule has 2 aliphatic heterocycles. The van der Waals surface area contributed by atoms with Crippen LogP contribution in [-0.2, 0) is 19.5 Å². The van der Waals surface area contributed by atoms with Gasteiger partial charge >= 0.3 is 0 Å². The third-order valence-electron chi connectivity index (χ3n) is 4.99. The predicted molar refractivity (Wildman–Crippen MR) is 95.2 cm³/mol. The Balaban J connectivity index is 1.35. The monoisotopic (exact) mass is 407 g/mol. The van der Waals surface area contributed by atoms with Crippen LogP contribution in [0.5, 0.6) is 0 Å². The summed E-state index contributed by atoms with van der Waals surface area (Å²) in [6.45, 7) is 4.94. The fraction of sp³-hybridized carbons (Fsp3) is 0.588. The van der Waals surface area contributed by atoms with Crippen molar-refractivity contribution in [3.63, 3.8) is 0 Å². The Kier molecular flexibility index (Phi) is 4.89. The summed E-state index contributed by atoms with van der Waals surface area (Å²) in [5, 5.41) is 8.78. The summed E-state index contributed by atoms with van der Waals surface area (Å²) >= 11 is 3.24. The molecule has 134 valence electrons. The summed E-state index contributed by atoms with van der Waals surface area (Å²) in [6.07, 6.45) is 4.72. The van der Waals surface area contributed by atoms with Crippen molar-refractivity contribution < 1.29 is 9.21 Å². The van der Waals surface area contributed by atoms with E-state index >= 15 is 0 Å². The number of aromatic nitrogens is 3. The molecule has 25 heavy (non-hydrogen) atoms. The highest BCUT2D eigenvalue weighted by molar-refractivity contribution is 9.10. The van der Waals surface area contributed by atoms with Gasteiger partial charge < -0.3 is 13.9 Å². The largest absolute Gasteiger partial charge is 0.444 e. The van der Waals surface area contributed by atoms with E-state index in [0.717, 1.165) is 44.2 Å². The molecule has 1 amide bonds. The van der Waals surface area contributed by atoms with E-state index in [1.165, 1.54) is 19.3 Å². The van der Waals surface area contributed by atoms with Crippen molar-refractivity contribution in [3.8, 4) is 0 Å². The normalized spacial score (nSPS) is 18.8. The number of nitrogens with zero attached hydrogens (tertiary/aromatic N) is 5. The van der Waals surface area contributed by atoms with E-state index in [1.54, 1.807) is 12.1 Å². The summed E-state index contributed by atoms with van der Waals surface area (Å²) in [5.74, 6) is 2.54. The molecular weight excluding hydrogens is 386 g/mol. The Morgan fingerprint density at radius 2 is 1.92 bits per heavy atom. The molecule has 0 atom stereocenters. The van der Waals surface area contributed by atoms with E-state index in [9.17, 15) is 4.79 Å². The van der Waals surface area contributed by atoms with Crippen LogP contribution in [0.25, 0.3) is 0 Å². The van der Waals surface area contributed by atoms with Crippen molar-refractivity contribution in [2.24, 2.45) is 0 Å². The predicted octanol–water partition coefficient (Wildman–Crippen LogP) is 2.32. The van der Waals surface area contributed by atoms with E-state index in [2.05, 4.69) is 35.6 Å². The van der Waals surface area contributed by atoms with Crippen molar-refractivity contribution in [2.45, 2.75) is 38.8 Å². The van der Waals surface area contributed by atoms with E-state index < -0.39 is 0 Å². The fourth-order valence-corrected chi connectivity index (χ4v) is 3.86. The summed E-state index contributed by atoms with van der Waals surface area (Å²) < 4.78 is 8.26. The molecule has 4 heterocycles. The van der Waals surface area contributed by atoms with Gasteiger partial charge in [0.25, 0.3) is 5.91 Å². The molecule has 2 aromatic heterocycles. The Hall–Kier alpha value is -1.67. The number of aryl methyl sites for hydroxylation is 1. The van der Waals surface area contributed by atoms with Crippen LogP contribution in [0.4, 0.5) is 0 Å². The molecule has 1 fully saturated rings. The topological polar surface area (TPSA) is 67.4 Å². The van der Waals surface area contributed by atoms with Gasteiger partial charge in [-0.1, -0.05) is 6.42 Å².